The van der Waals surface area contributed by atoms with Gasteiger partial charge in [0.2, 0.25) is 5.96 Å². The molecule has 0 aliphatic heterocycles. The number of hydrogen-bond acceptors (Lipinski definition) is 10. The number of aromatic nitrogens is 4. The molecule has 0 aliphatic carbocycles. The van der Waals surface area contributed by atoms with E-state index < -0.39 is 17.9 Å². The van der Waals surface area contributed by atoms with Crippen LogP contribution in [0.4, 0.5) is 11.6 Å². The predicted molar refractivity (Wildman–Crippen MR) is 110 cm³/mol. The SMILES string of the molecule is C=NC(=NC)NC(=O)c1cnc(C(C)NC(=O)c2cc(Nc3ccon3)ncn2)s1. The molecule has 1 atom stereocenters. The van der Waals surface area contributed by atoms with Crippen LogP contribution in [0.15, 0.2) is 45.4 Å². The van der Waals surface area contributed by atoms with E-state index in [4.69, 9.17) is 4.52 Å². The summed E-state index contributed by atoms with van der Waals surface area (Å²) in [6.07, 6.45) is 4.08. The van der Waals surface area contributed by atoms with Crippen molar-refractivity contribution in [2.75, 3.05) is 12.4 Å². The highest BCUT2D eigenvalue weighted by Gasteiger charge is 2.19. The third-order valence-corrected chi connectivity index (χ3v) is 4.82. The number of nitrogens with one attached hydrogen (secondary N) is 3. The molecule has 0 saturated heterocycles. The maximum Gasteiger partial charge on any atom is 0.270 e. The van der Waals surface area contributed by atoms with Gasteiger partial charge in [0.25, 0.3) is 11.8 Å². The minimum atomic E-state index is -0.456. The molecular weight excluding hydrogens is 410 g/mol. The first-order valence-electron chi connectivity index (χ1n) is 8.51. The fourth-order valence-electron chi connectivity index (χ4n) is 2.21. The minimum Gasteiger partial charge on any atom is -0.363 e. The first-order valence-corrected chi connectivity index (χ1v) is 9.32. The van der Waals surface area contributed by atoms with E-state index in [9.17, 15) is 9.59 Å². The second kappa shape index (κ2) is 9.47. The van der Waals surface area contributed by atoms with E-state index >= 15 is 0 Å². The largest absolute Gasteiger partial charge is 0.363 e. The Bertz CT molecular complexity index is 1080. The Morgan fingerprint density at radius 2 is 2.07 bits per heavy atom. The second-order valence-corrected chi connectivity index (χ2v) is 6.78. The van der Waals surface area contributed by atoms with Gasteiger partial charge >= 0.3 is 0 Å². The normalized spacial score (nSPS) is 12.1. The maximum absolute atomic E-state index is 12.5. The molecule has 0 fully saturated rings. The third-order valence-electron chi connectivity index (χ3n) is 3.65. The number of aliphatic imine (C=N–C) groups is 2. The Morgan fingerprint density at radius 3 is 2.77 bits per heavy atom. The smallest absolute Gasteiger partial charge is 0.270 e. The standard InChI is InChI=1S/C17H17N9O3S/c1-9(16-20-7-11(30-16)15(28)25-17(18-2)19-3)23-14(27)10-6-13(22-8-21-10)24-12-4-5-29-26-12/h4-9H,2H2,1,3H3,(H,23,27)(H,19,25,28)(H,21,22,24,26). The summed E-state index contributed by atoms with van der Waals surface area (Å²) in [6, 6.07) is 2.63. The molecule has 3 N–H and O–H groups in total. The summed E-state index contributed by atoms with van der Waals surface area (Å²) in [4.78, 5) is 44.7. The molecule has 1 unspecified atom stereocenters. The van der Waals surface area contributed by atoms with Crippen LogP contribution in [0.1, 0.15) is 38.1 Å². The number of carbonyl (C=O) groups excluding carboxylic acids is 2. The van der Waals surface area contributed by atoms with E-state index in [-0.39, 0.29) is 11.7 Å². The molecule has 3 rings (SSSR count). The van der Waals surface area contributed by atoms with Crippen molar-refractivity contribution in [3.8, 4) is 0 Å². The molecule has 2 amide bonds. The average molecular weight is 427 g/mol. The van der Waals surface area contributed by atoms with Gasteiger partial charge in [0, 0.05) is 19.2 Å². The molecular formula is C17H17N9O3S. The first-order chi connectivity index (χ1) is 14.5. The van der Waals surface area contributed by atoms with Crippen LogP contribution in [0.3, 0.4) is 0 Å². The fraction of sp³-hybridized carbons (Fsp3) is 0.176. The monoisotopic (exact) mass is 427 g/mol. The Kier molecular flexibility index (Phi) is 6.54. The molecule has 0 saturated carbocycles. The maximum atomic E-state index is 12.5. The zero-order valence-electron chi connectivity index (χ0n) is 16.0. The third kappa shape index (κ3) is 5.08. The van der Waals surface area contributed by atoms with Gasteiger partial charge in [-0.05, 0) is 13.6 Å². The molecule has 0 bridgehead atoms. The van der Waals surface area contributed by atoms with Gasteiger partial charge in [-0.3, -0.25) is 19.9 Å². The zero-order valence-corrected chi connectivity index (χ0v) is 16.8. The van der Waals surface area contributed by atoms with Crippen molar-refractivity contribution < 1.29 is 14.1 Å². The summed E-state index contributed by atoms with van der Waals surface area (Å²) < 4.78 is 4.73. The van der Waals surface area contributed by atoms with Crippen molar-refractivity contribution in [3.63, 3.8) is 0 Å². The molecule has 3 heterocycles. The van der Waals surface area contributed by atoms with E-state index in [1.165, 1.54) is 31.9 Å². The number of rotatable bonds is 6. The van der Waals surface area contributed by atoms with Gasteiger partial charge < -0.3 is 15.2 Å². The molecule has 154 valence electrons. The van der Waals surface area contributed by atoms with Gasteiger partial charge in [-0.2, -0.15) is 0 Å². The number of thiazole rings is 1. The van der Waals surface area contributed by atoms with Gasteiger partial charge in [0.05, 0.1) is 12.2 Å². The number of guanidine groups is 1. The van der Waals surface area contributed by atoms with Crippen LogP contribution < -0.4 is 16.0 Å². The molecule has 0 radical (unpaired) electrons. The van der Waals surface area contributed by atoms with Gasteiger partial charge in [-0.25, -0.2) is 19.9 Å². The van der Waals surface area contributed by atoms with Gasteiger partial charge in [-0.1, -0.05) is 5.16 Å². The molecule has 0 aliphatic rings. The summed E-state index contributed by atoms with van der Waals surface area (Å²) in [6.45, 7) is 5.07. The topological polar surface area (TPSA) is 160 Å². The number of amides is 2. The highest BCUT2D eigenvalue weighted by atomic mass is 32.1. The summed E-state index contributed by atoms with van der Waals surface area (Å²) in [5, 5.41) is 12.4. The fourth-order valence-corrected chi connectivity index (χ4v) is 3.03. The lowest BCUT2D eigenvalue weighted by Gasteiger charge is -2.11. The number of carbonyl (C=O) groups is 2. The van der Waals surface area contributed by atoms with Crippen molar-refractivity contribution in [1.82, 2.24) is 30.7 Å². The molecule has 0 spiro atoms. The lowest BCUT2D eigenvalue weighted by atomic mass is 10.3. The van der Waals surface area contributed by atoms with Crippen LogP contribution in [0.5, 0.6) is 0 Å². The van der Waals surface area contributed by atoms with E-state index in [0.29, 0.717) is 21.5 Å². The number of anilines is 2. The van der Waals surface area contributed by atoms with E-state index in [1.54, 1.807) is 13.0 Å². The highest BCUT2D eigenvalue weighted by molar-refractivity contribution is 7.13. The summed E-state index contributed by atoms with van der Waals surface area (Å²) in [7, 11) is 1.49. The van der Waals surface area contributed by atoms with Crippen LogP contribution in [0.2, 0.25) is 0 Å². The Labute approximate surface area is 174 Å². The first kappa shape index (κ1) is 20.7. The minimum absolute atomic E-state index is 0.107. The molecule has 13 heteroatoms. The molecule has 3 aromatic heterocycles. The average Bonchev–Trinajstić information content (AvgIpc) is 3.44. The number of nitrogens with zero attached hydrogens (tertiary/aromatic N) is 6. The Balaban J connectivity index is 1.64. The summed E-state index contributed by atoms with van der Waals surface area (Å²) in [5.74, 6) is 0.101. The Hall–Kier alpha value is -4.00. The van der Waals surface area contributed by atoms with Gasteiger partial charge in [0.15, 0.2) is 5.82 Å². The molecule has 30 heavy (non-hydrogen) atoms. The summed E-state index contributed by atoms with van der Waals surface area (Å²) >= 11 is 1.14. The van der Waals surface area contributed by atoms with E-state index in [1.807, 2.05) is 0 Å². The van der Waals surface area contributed by atoms with E-state index in [0.717, 1.165) is 11.3 Å². The molecule has 12 nitrogen and oxygen atoms in total. The molecule has 3 aromatic rings. The predicted octanol–water partition coefficient (Wildman–Crippen LogP) is 1.57. The van der Waals surface area contributed by atoms with Crippen LogP contribution in [-0.4, -0.2) is 51.6 Å². The van der Waals surface area contributed by atoms with Crippen LogP contribution >= 0.6 is 11.3 Å². The van der Waals surface area contributed by atoms with Crippen molar-refractivity contribution >= 4 is 47.5 Å². The van der Waals surface area contributed by atoms with Crippen LogP contribution in [0.25, 0.3) is 0 Å². The Morgan fingerprint density at radius 1 is 1.23 bits per heavy atom. The highest BCUT2D eigenvalue weighted by Crippen LogP contribution is 2.20. The van der Waals surface area contributed by atoms with Crippen molar-refractivity contribution in [1.29, 1.82) is 0 Å². The lowest BCUT2D eigenvalue weighted by molar-refractivity contribution is 0.0933. The zero-order chi connectivity index (χ0) is 21.5. The van der Waals surface area contributed by atoms with Crippen molar-refractivity contribution in [2.24, 2.45) is 9.98 Å². The van der Waals surface area contributed by atoms with Crippen molar-refractivity contribution in [3.05, 3.63) is 46.5 Å². The lowest BCUT2D eigenvalue weighted by Crippen LogP contribution is -2.28. The van der Waals surface area contributed by atoms with E-state index in [2.05, 4.69) is 52.8 Å². The quantitative estimate of drug-likeness (QED) is 0.395. The van der Waals surface area contributed by atoms with Gasteiger partial charge in [-0.15, -0.1) is 11.3 Å². The second-order valence-electron chi connectivity index (χ2n) is 5.72. The van der Waals surface area contributed by atoms with Crippen molar-refractivity contribution in [2.45, 2.75) is 13.0 Å². The van der Waals surface area contributed by atoms with Crippen LogP contribution in [0, 0.1) is 0 Å². The summed E-state index contributed by atoms with van der Waals surface area (Å²) in [5.41, 5.74) is 0.151. The van der Waals surface area contributed by atoms with Gasteiger partial charge in [0.1, 0.15) is 34.0 Å². The van der Waals surface area contributed by atoms with Crippen LogP contribution in [-0.2, 0) is 0 Å². The number of hydrogen-bond donors (Lipinski definition) is 3. The molecule has 0 aromatic carbocycles.